The summed E-state index contributed by atoms with van der Waals surface area (Å²) in [5.41, 5.74) is 0. The Morgan fingerprint density at radius 2 is 1.05 bits per heavy atom. The first-order valence-corrected chi connectivity index (χ1v) is 10.4. The molecule has 0 aliphatic heterocycles. The predicted molar refractivity (Wildman–Crippen MR) is 96.1 cm³/mol. The van der Waals surface area contributed by atoms with Gasteiger partial charge in [-0.3, -0.25) is 0 Å². The van der Waals surface area contributed by atoms with Crippen LogP contribution in [0.5, 0.6) is 0 Å². The molecule has 0 aromatic carbocycles. The SMILES string of the molecule is CCCOCC1CCC(CCC2CCC(CCC)CC2)CC1. The summed E-state index contributed by atoms with van der Waals surface area (Å²) in [5.74, 6) is 4.04. The number of ether oxygens (including phenoxy) is 1. The lowest BCUT2D eigenvalue weighted by atomic mass is 9.75. The Morgan fingerprint density at radius 1 is 0.591 bits per heavy atom. The normalized spacial score (nSPS) is 33.0. The van der Waals surface area contributed by atoms with E-state index in [4.69, 9.17) is 4.74 Å². The van der Waals surface area contributed by atoms with Crippen molar-refractivity contribution in [1.82, 2.24) is 0 Å². The van der Waals surface area contributed by atoms with E-state index in [0.717, 1.165) is 43.3 Å². The van der Waals surface area contributed by atoms with Gasteiger partial charge in [0, 0.05) is 13.2 Å². The van der Waals surface area contributed by atoms with Crippen molar-refractivity contribution in [2.24, 2.45) is 23.7 Å². The highest BCUT2D eigenvalue weighted by atomic mass is 16.5. The molecule has 2 saturated carbocycles. The highest BCUT2D eigenvalue weighted by Crippen LogP contribution is 2.37. The molecule has 0 aromatic rings. The van der Waals surface area contributed by atoms with E-state index in [1.807, 2.05) is 0 Å². The van der Waals surface area contributed by atoms with E-state index in [-0.39, 0.29) is 0 Å². The van der Waals surface area contributed by atoms with E-state index in [1.54, 1.807) is 0 Å². The molecule has 2 fully saturated rings. The first-order valence-electron chi connectivity index (χ1n) is 10.4. The minimum absolute atomic E-state index is 0.868. The van der Waals surface area contributed by atoms with E-state index < -0.39 is 0 Å². The molecular weight excluding hydrogens is 268 g/mol. The lowest BCUT2D eigenvalue weighted by Gasteiger charge is -2.32. The molecule has 0 bridgehead atoms. The summed E-state index contributed by atoms with van der Waals surface area (Å²) in [4.78, 5) is 0. The summed E-state index contributed by atoms with van der Waals surface area (Å²) < 4.78 is 5.74. The Labute approximate surface area is 139 Å². The van der Waals surface area contributed by atoms with Crippen LogP contribution in [0.2, 0.25) is 0 Å². The summed E-state index contributed by atoms with van der Waals surface area (Å²) in [6.45, 7) is 6.53. The van der Waals surface area contributed by atoms with Gasteiger partial charge in [0.1, 0.15) is 0 Å². The zero-order chi connectivity index (χ0) is 15.6. The van der Waals surface area contributed by atoms with Crippen molar-refractivity contribution < 1.29 is 4.74 Å². The number of rotatable bonds is 9. The quantitative estimate of drug-likeness (QED) is 0.436. The van der Waals surface area contributed by atoms with Gasteiger partial charge in [-0.05, 0) is 42.9 Å². The van der Waals surface area contributed by atoms with Crippen LogP contribution in [-0.2, 0) is 4.74 Å². The average Bonchev–Trinajstić information content (AvgIpc) is 2.56. The Bertz CT molecular complexity index is 259. The summed E-state index contributed by atoms with van der Waals surface area (Å²) in [7, 11) is 0. The molecule has 130 valence electrons. The Balaban J connectivity index is 1.52. The van der Waals surface area contributed by atoms with Gasteiger partial charge in [0.15, 0.2) is 0 Å². The van der Waals surface area contributed by atoms with Gasteiger partial charge in [-0.15, -0.1) is 0 Å². The Hall–Kier alpha value is -0.0400. The van der Waals surface area contributed by atoms with Crippen LogP contribution < -0.4 is 0 Å². The summed E-state index contributed by atoms with van der Waals surface area (Å²) >= 11 is 0. The predicted octanol–water partition coefficient (Wildman–Crippen LogP) is 6.61. The largest absolute Gasteiger partial charge is 0.381 e. The topological polar surface area (TPSA) is 9.23 Å². The lowest BCUT2D eigenvalue weighted by Crippen LogP contribution is -2.20. The molecule has 0 spiro atoms. The van der Waals surface area contributed by atoms with Gasteiger partial charge in [0.25, 0.3) is 0 Å². The number of hydrogen-bond acceptors (Lipinski definition) is 1. The zero-order valence-corrected chi connectivity index (χ0v) is 15.3. The molecule has 0 atom stereocenters. The van der Waals surface area contributed by atoms with Crippen molar-refractivity contribution in [2.75, 3.05) is 13.2 Å². The molecule has 1 heteroatoms. The van der Waals surface area contributed by atoms with Crippen LogP contribution in [0, 0.1) is 23.7 Å². The van der Waals surface area contributed by atoms with Gasteiger partial charge < -0.3 is 4.74 Å². The van der Waals surface area contributed by atoms with Crippen molar-refractivity contribution in [1.29, 1.82) is 0 Å². The minimum atomic E-state index is 0.868. The summed E-state index contributed by atoms with van der Waals surface area (Å²) in [5, 5.41) is 0. The van der Waals surface area contributed by atoms with Crippen LogP contribution in [0.15, 0.2) is 0 Å². The fourth-order valence-electron chi connectivity index (χ4n) is 4.77. The van der Waals surface area contributed by atoms with Crippen LogP contribution >= 0.6 is 0 Å². The maximum atomic E-state index is 5.74. The van der Waals surface area contributed by atoms with Gasteiger partial charge in [-0.25, -0.2) is 0 Å². The molecule has 1 nitrogen and oxygen atoms in total. The van der Waals surface area contributed by atoms with Gasteiger partial charge in [0.05, 0.1) is 0 Å². The van der Waals surface area contributed by atoms with Gasteiger partial charge >= 0.3 is 0 Å². The van der Waals surface area contributed by atoms with E-state index in [9.17, 15) is 0 Å². The third kappa shape index (κ3) is 6.60. The average molecular weight is 309 g/mol. The first-order chi connectivity index (χ1) is 10.8. The second kappa shape index (κ2) is 10.7. The molecule has 22 heavy (non-hydrogen) atoms. The van der Waals surface area contributed by atoms with E-state index in [2.05, 4.69) is 13.8 Å². The van der Waals surface area contributed by atoms with Crippen molar-refractivity contribution in [3.05, 3.63) is 0 Å². The standard InChI is InChI=1S/C21H40O/c1-3-5-18-6-8-19(9-7-18)10-11-20-12-14-21(15-13-20)17-22-16-4-2/h18-21H,3-17H2,1-2H3. The molecule has 0 unspecified atom stereocenters. The van der Waals surface area contributed by atoms with E-state index >= 15 is 0 Å². The highest BCUT2D eigenvalue weighted by Gasteiger charge is 2.24. The molecule has 0 N–H and O–H groups in total. The molecule has 0 radical (unpaired) electrons. The summed E-state index contributed by atoms with van der Waals surface area (Å²) in [6, 6.07) is 0. The van der Waals surface area contributed by atoms with Crippen LogP contribution in [0.3, 0.4) is 0 Å². The molecule has 2 rings (SSSR count). The van der Waals surface area contributed by atoms with Gasteiger partial charge in [-0.1, -0.05) is 78.1 Å². The van der Waals surface area contributed by atoms with E-state index in [1.165, 1.54) is 77.0 Å². The number of hydrogen-bond donors (Lipinski definition) is 0. The smallest absolute Gasteiger partial charge is 0.0494 e. The highest BCUT2D eigenvalue weighted by molar-refractivity contribution is 4.76. The fraction of sp³-hybridized carbons (Fsp3) is 1.00. The van der Waals surface area contributed by atoms with Crippen molar-refractivity contribution in [2.45, 2.75) is 97.3 Å². The minimum Gasteiger partial charge on any atom is -0.381 e. The molecule has 0 heterocycles. The summed E-state index contributed by atoms with van der Waals surface area (Å²) in [6.07, 6.45) is 19.0. The van der Waals surface area contributed by atoms with Crippen LogP contribution in [0.25, 0.3) is 0 Å². The van der Waals surface area contributed by atoms with Crippen molar-refractivity contribution in [3.8, 4) is 0 Å². The Morgan fingerprint density at radius 3 is 1.50 bits per heavy atom. The monoisotopic (exact) mass is 308 g/mol. The van der Waals surface area contributed by atoms with Crippen LogP contribution in [-0.4, -0.2) is 13.2 Å². The van der Waals surface area contributed by atoms with Crippen LogP contribution in [0.4, 0.5) is 0 Å². The maximum absolute atomic E-state index is 5.74. The Kier molecular flexibility index (Phi) is 8.89. The van der Waals surface area contributed by atoms with Gasteiger partial charge in [-0.2, -0.15) is 0 Å². The molecule has 2 aliphatic carbocycles. The molecular formula is C21H40O. The second-order valence-corrected chi connectivity index (χ2v) is 8.21. The zero-order valence-electron chi connectivity index (χ0n) is 15.3. The lowest BCUT2D eigenvalue weighted by molar-refractivity contribution is 0.0763. The third-order valence-corrected chi connectivity index (χ3v) is 6.31. The maximum Gasteiger partial charge on any atom is 0.0494 e. The molecule has 0 aromatic heterocycles. The van der Waals surface area contributed by atoms with E-state index in [0.29, 0.717) is 0 Å². The molecule has 2 aliphatic rings. The van der Waals surface area contributed by atoms with Crippen molar-refractivity contribution >= 4 is 0 Å². The van der Waals surface area contributed by atoms with Crippen molar-refractivity contribution in [3.63, 3.8) is 0 Å². The second-order valence-electron chi connectivity index (χ2n) is 8.21. The fourth-order valence-corrected chi connectivity index (χ4v) is 4.77. The first kappa shape index (κ1) is 18.3. The molecule has 0 amide bonds. The third-order valence-electron chi connectivity index (χ3n) is 6.31. The van der Waals surface area contributed by atoms with Gasteiger partial charge in [0.2, 0.25) is 0 Å². The molecule has 0 saturated heterocycles. The van der Waals surface area contributed by atoms with Crippen LogP contribution in [0.1, 0.15) is 97.3 Å².